The van der Waals surface area contributed by atoms with Crippen molar-refractivity contribution in [2.24, 2.45) is 16.6 Å². The lowest BCUT2D eigenvalue weighted by Crippen LogP contribution is -2.51. The van der Waals surface area contributed by atoms with Crippen molar-refractivity contribution in [2.45, 2.75) is 52.1 Å². The normalized spacial score (nSPS) is 24.1. The lowest BCUT2D eigenvalue weighted by Gasteiger charge is -2.50. The Morgan fingerprint density at radius 1 is 1.30 bits per heavy atom. The predicted molar refractivity (Wildman–Crippen MR) is 77.5 cm³/mol. The van der Waals surface area contributed by atoms with Gasteiger partial charge in [-0.05, 0) is 50.2 Å². The van der Waals surface area contributed by atoms with Crippen molar-refractivity contribution in [1.82, 2.24) is 4.98 Å². The second-order valence-electron chi connectivity index (χ2n) is 7.08. The van der Waals surface area contributed by atoms with E-state index < -0.39 is 11.4 Å². The Morgan fingerprint density at radius 3 is 2.35 bits per heavy atom. The number of halogens is 1. The van der Waals surface area contributed by atoms with Gasteiger partial charge in [-0.15, -0.1) is 0 Å². The molecule has 1 fully saturated rings. The van der Waals surface area contributed by atoms with E-state index in [0.29, 0.717) is 17.7 Å². The third-order valence-electron chi connectivity index (χ3n) is 5.21. The molecule has 4 heteroatoms. The lowest BCUT2D eigenvalue weighted by atomic mass is 9.58. The summed E-state index contributed by atoms with van der Waals surface area (Å²) in [7, 11) is 0. The summed E-state index contributed by atoms with van der Waals surface area (Å²) >= 11 is 0. The third-order valence-corrected chi connectivity index (χ3v) is 5.21. The first kappa shape index (κ1) is 15.4. The van der Waals surface area contributed by atoms with Crippen LogP contribution >= 0.6 is 0 Å². The molecule has 0 aromatic carbocycles. The maximum Gasteiger partial charge on any atom is 0.141 e. The molecule has 20 heavy (non-hydrogen) atoms. The van der Waals surface area contributed by atoms with E-state index >= 15 is 0 Å². The zero-order valence-corrected chi connectivity index (χ0v) is 12.6. The molecule has 2 rings (SSSR count). The maximum atomic E-state index is 13.0. The van der Waals surface area contributed by atoms with Crippen LogP contribution in [0.25, 0.3) is 0 Å². The highest BCUT2D eigenvalue weighted by Crippen LogP contribution is 2.53. The zero-order chi connectivity index (χ0) is 15.0. The highest BCUT2D eigenvalue weighted by molar-refractivity contribution is 5.18. The average Bonchev–Trinajstić information content (AvgIpc) is 2.39. The van der Waals surface area contributed by atoms with Crippen molar-refractivity contribution in [1.29, 1.82) is 0 Å². The SMILES string of the molecule is CC1(C)CCC(CN)(C(C)(O)c2ccc(F)cn2)CC1. The van der Waals surface area contributed by atoms with Crippen LogP contribution in [-0.2, 0) is 5.60 Å². The molecule has 1 atom stereocenters. The molecular formula is C16H25FN2O. The molecule has 1 unspecified atom stereocenters. The summed E-state index contributed by atoms with van der Waals surface area (Å²) in [6.45, 7) is 6.67. The molecule has 0 bridgehead atoms. The van der Waals surface area contributed by atoms with Gasteiger partial charge in [0.05, 0.1) is 11.9 Å². The zero-order valence-electron chi connectivity index (χ0n) is 12.6. The molecule has 0 aliphatic heterocycles. The van der Waals surface area contributed by atoms with Crippen LogP contribution in [0.4, 0.5) is 4.39 Å². The summed E-state index contributed by atoms with van der Waals surface area (Å²) < 4.78 is 13.0. The van der Waals surface area contributed by atoms with Crippen LogP contribution in [0.1, 0.15) is 52.1 Å². The van der Waals surface area contributed by atoms with Crippen LogP contribution in [0.15, 0.2) is 18.3 Å². The van der Waals surface area contributed by atoms with Crippen LogP contribution in [0.3, 0.4) is 0 Å². The van der Waals surface area contributed by atoms with Crippen molar-refractivity contribution in [3.63, 3.8) is 0 Å². The van der Waals surface area contributed by atoms with Gasteiger partial charge in [-0.25, -0.2) is 4.39 Å². The minimum absolute atomic E-state index is 0.297. The Morgan fingerprint density at radius 2 is 1.90 bits per heavy atom. The van der Waals surface area contributed by atoms with E-state index in [1.165, 1.54) is 6.07 Å². The smallest absolute Gasteiger partial charge is 0.141 e. The summed E-state index contributed by atoms with van der Waals surface area (Å²) in [5.41, 5.74) is 5.30. The fourth-order valence-electron chi connectivity index (χ4n) is 3.23. The van der Waals surface area contributed by atoms with E-state index in [-0.39, 0.29) is 5.41 Å². The van der Waals surface area contributed by atoms with Gasteiger partial charge in [0.25, 0.3) is 0 Å². The first-order chi connectivity index (χ1) is 9.22. The van der Waals surface area contributed by atoms with E-state index in [2.05, 4.69) is 18.8 Å². The molecule has 1 aromatic rings. The lowest BCUT2D eigenvalue weighted by molar-refractivity contribution is -0.108. The molecule has 3 nitrogen and oxygen atoms in total. The maximum absolute atomic E-state index is 13.0. The molecule has 3 N–H and O–H groups in total. The molecule has 1 saturated carbocycles. The third kappa shape index (κ3) is 2.59. The number of nitrogens with zero attached hydrogens (tertiary/aromatic N) is 1. The van der Waals surface area contributed by atoms with Crippen LogP contribution in [-0.4, -0.2) is 16.6 Å². The van der Waals surface area contributed by atoms with E-state index in [1.54, 1.807) is 13.0 Å². The Bertz CT molecular complexity index is 458. The fraction of sp³-hybridized carbons (Fsp3) is 0.688. The van der Waals surface area contributed by atoms with Crippen molar-refractivity contribution < 1.29 is 9.50 Å². The van der Waals surface area contributed by atoms with Gasteiger partial charge in [0.15, 0.2) is 0 Å². The number of aliphatic hydroxyl groups is 1. The van der Waals surface area contributed by atoms with Gasteiger partial charge in [0.1, 0.15) is 11.4 Å². The summed E-state index contributed by atoms with van der Waals surface area (Å²) in [5.74, 6) is -0.392. The predicted octanol–water partition coefficient (Wildman–Crippen LogP) is 2.97. The van der Waals surface area contributed by atoms with Crippen molar-refractivity contribution in [3.8, 4) is 0 Å². The highest BCUT2D eigenvalue weighted by atomic mass is 19.1. The first-order valence-corrected chi connectivity index (χ1v) is 7.27. The van der Waals surface area contributed by atoms with E-state index in [9.17, 15) is 9.50 Å². The molecule has 0 spiro atoms. The topological polar surface area (TPSA) is 59.1 Å². The Labute approximate surface area is 120 Å². The Hall–Kier alpha value is -1.00. The molecule has 112 valence electrons. The van der Waals surface area contributed by atoms with Gasteiger partial charge < -0.3 is 10.8 Å². The Balaban J connectivity index is 2.32. The minimum atomic E-state index is -1.13. The average molecular weight is 280 g/mol. The van der Waals surface area contributed by atoms with Crippen molar-refractivity contribution >= 4 is 0 Å². The van der Waals surface area contributed by atoms with Gasteiger partial charge in [-0.1, -0.05) is 13.8 Å². The summed E-state index contributed by atoms with van der Waals surface area (Å²) in [6.07, 6.45) is 4.94. The highest BCUT2D eigenvalue weighted by Gasteiger charge is 2.50. The fourth-order valence-corrected chi connectivity index (χ4v) is 3.23. The number of aromatic nitrogens is 1. The Kier molecular flexibility index (Phi) is 3.91. The number of pyridine rings is 1. The standard InChI is InChI=1S/C16H25FN2O/c1-14(2)6-8-16(11-18,9-7-14)15(3,20)13-5-4-12(17)10-19-13/h4-5,10,20H,6-9,11,18H2,1-3H3. The molecule has 1 aliphatic carbocycles. The van der Waals surface area contributed by atoms with Crippen molar-refractivity contribution in [2.75, 3.05) is 6.54 Å². The first-order valence-electron chi connectivity index (χ1n) is 7.27. The summed E-state index contributed by atoms with van der Waals surface area (Å²) in [5, 5.41) is 11.1. The molecule has 1 heterocycles. The summed E-state index contributed by atoms with van der Waals surface area (Å²) in [6, 6.07) is 2.90. The van der Waals surface area contributed by atoms with Crippen LogP contribution in [0, 0.1) is 16.6 Å². The van der Waals surface area contributed by atoms with Gasteiger partial charge in [-0.2, -0.15) is 0 Å². The monoisotopic (exact) mass is 280 g/mol. The van der Waals surface area contributed by atoms with Gasteiger partial charge >= 0.3 is 0 Å². The van der Waals surface area contributed by atoms with Gasteiger partial charge in [0.2, 0.25) is 0 Å². The second kappa shape index (κ2) is 5.08. The largest absolute Gasteiger partial charge is 0.383 e. The van der Waals surface area contributed by atoms with Crippen LogP contribution in [0.5, 0.6) is 0 Å². The minimum Gasteiger partial charge on any atom is -0.383 e. The van der Waals surface area contributed by atoms with Crippen LogP contribution in [0.2, 0.25) is 0 Å². The summed E-state index contributed by atoms with van der Waals surface area (Å²) in [4.78, 5) is 4.07. The molecular weight excluding hydrogens is 255 g/mol. The second-order valence-corrected chi connectivity index (χ2v) is 7.08. The molecule has 1 aliphatic rings. The van der Waals surface area contributed by atoms with Crippen LogP contribution < -0.4 is 5.73 Å². The number of rotatable bonds is 3. The quantitative estimate of drug-likeness (QED) is 0.895. The van der Waals surface area contributed by atoms with E-state index in [0.717, 1.165) is 31.9 Å². The van der Waals surface area contributed by atoms with E-state index in [1.807, 2.05) is 0 Å². The molecule has 1 aromatic heterocycles. The van der Waals surface area contributed by atoms with E-state index in [4.69, 9.17) is 5.73 Å². The van der Waals surface area contributed by atoms with Gasteiger partial charge in [-0.3, -0.25) is 4.98 Å². The number of hydrogen-bond acceptors (Lipinski definition) is 3. The molecule has 0 radical (unpaired) electrons. The molecule has 0 saturated heterocycles. The molecule has 0 amide bonds. The van der Waals surface area contributed by atoms with Crippen molar-refractivity contribution in [3.05, 3.63) is 29.8 Å². The number of hydrogen-bond donors (Lipinski definition) is 2. The van der Waals surface area contributed by atoms with Gasteiger partial charge in [0, 0.05) is 12.0 Å². The number of nitrogens with two attached hydrogens (primary N) is 1.